The van der Waals surface area contributed by atoms with Crippen LogP contribution in [0.15, 0.2) is 48.2 Å². The van der Waals surface area contributed by atoms with Crippen molar-refractivity contribution in [3.8, 4) is 0 Å². The van der Waals surface area contributed by atoms with Crippen LogP contribution in [0.25, 0.3) is 0 Å². The van der Waals surface area contributed by atoms with E-state index in [0.29, 0.717) is 40.9 Å². The van der Waals surface area contributed by atoms with Gasteiger partial charge in [0.1, 0.15) is 10.8 Å². The molecule has 6 rings (SSSR count). The van der Waals surface area contributed by atoms with Gasteiger partial charge in [-0.2, -0.15) is 15.1 Å². The molecule has 2 aliphatic heterocycles. The number of anilines is 4. The molecule has 3 aliphatic rings. The fourth-order valence-corrected chi connectivity index (χ4v) is 4.97. The standard InChI is InChI=1S/C26H32ClN9O/c1-34-10-12-36(13-11-34)25-23(27)24(29-22-15-20(32-33-22)17-8-9-17)30-26(31-25)28-16-19-14-21(35(2)37-19)18-6-4-3-5-7-18/h3-7,14-15,17,21H,8-13,16H2,1-2H3,(H3,28,29,30,31,32,33). The van der Waals surface area contributed by atoms with Crippen molar-refractivity contribution in [2.75, 3.05) is 62.4 Å². The number of aromatic nitrogens is 4. The predicted molar refractivity (Wildman–Crippen MR) is 145 cm³/mol. The lowest BCUT2D eigenvalue weighted by Gasteiger charge is -2.34. The number of halogens is 1. The molecule has 1 aliphatic carbocycles. The molecule has 4 heterocycles. The summed E-state index contributed by atoms with van der Waals surface area (Å²) in [5.74, 6) is 3.82. The molecule has 1 atom stereocenters. The molecule has 1 saturated carbocycles. The topological polar surface area (TPSA) is 97.5 Å². The van der Waals surface area contributed by atoms with Crippen LogP contribution in [0.3, 0.4) is 0 Å². The minimum absolute atomic E-state index is 0.0580. The lowest BCUT2D eigenvalue weighted by atomic mass is 10.1. The van der Waals surface area contributed by atoms with Crippen LogP contribution in [0, 0.1) is 0 Å². The first-order valence-corrected chi connectivity index (χ1v) is 13.1. The van der Waals surface area contributed by atoms with Gasteiger partial charge in [-0.05, 0) is 31.5 Å². The Morgan fingerprint density at radius 2 is 1.86 bits per heavy atom. The second kappa shape index (κ2) is 10.2. The largest absolute Gasteiger partial charge is 0.408 e. The van der Waals surface area contributed by atoms with Crippen molar-refractivity contribution in [3.63, 3.8) is 0 Å². The van der Waals surface area contributed by atoms with Crippen LogP contribution >= 0.6 is 11.6 Å². The molecule has 0 radical (unpaired) electrons. The highest BCUT2D eigenvalue weighted by Crippen LogP contribution is 2.40. The molecule has 0 spiro atoms. The zero-order chi connectivity index (χ0) is 25.4. The zero-order valence-corrected chi connectivity index (χ0v) is 21.9. The van der Waals surface area contributed by atoms with E-state index in [2.05, 4.69) is 55.9 Å². The molecule has 11 heteroatoms. The Labute approximate surface area is 221 Å². The molecule has 0 amide bonds. The van der Waals surface area contributed by atoms with Gasteiger partial charge in [-0.15, -0.1) is 5.06 Å². The lowest BCUT2D eigenvalue weighted by Crippen LogP contribution is -2.45. The van der Waals surface area contributed by atoms with Crippen molar-refractivity contribution >= 4 is 35.0 Å². The van der Waals surface area contributed by atoms with E-state index in [9.17, 15) is 0 Å². The number of rotatable bonds is 8. The number of nitrogens with one attached hydrogen (secondary N) is 3. The van der Waals surface area contributed by atoms with Gasteiger partial charge in [0.25, 0.3) is 0 Å². The summed E-state index contributed by atoms with van der Waals surface area (Å²) in [4.78, 5) is 20.0. The Balaban J connectivity index is 1.23. The molecule has 37 heavy (non-hydrogen) atoms. The van der Waals surface area contributed by atoms with E-state index in [0.717, 1.165) is 37.6 Å². The zero-order valence-electron chi connectivity index (χ0n) is 21.1. The fourth-order valence-electron chi connectivity index (χ4n) is 4.72. The third-order valence-corrected chi connectivity index (χ3v) is 7.40. The van der Waals surface area contributed by atoms with Crippen LogP contribution < -0.4 is 15.5 Å². The third kappa shape index (κ3) is 5.36. The smallest absolute Gasteiger partial charge is 0.227 e. The molecule has 1 aromatic carbocycles. The van der Waals surface area contributed by atoms with Gasteiger partial charge in [-0.3, -0.25) is 5.10 Å². The number of benzene rings is 1. The predicted octanol–water partition coefficient (Wildman–Crippen LogP) is 4.14. The van der Waals surface area contributed by atoms with E-state index in [1.807, 2.05) is 36.4 Å². The van der Waals surface area contributed by atoms with Gasteiger partial charge < -0.3 is 25.3 Å². The highest BCUT2D eigenvalue weighted by molar-refractivity contribution is 6.35. The molecule has 1 saturated heterocycles. The summed E-state index contributed by atoms with van der Waals surface area (Å²) in [6, 6.07) is 12.4. The lowest BCUT2D eigenvalue weighted by molar-refractivity contribution is -0.0947. The Kier molecular flexibility index (Phi) is 6.62. The number of hydrogen-bond donors (Lipinski definition) is 3. The van der Waals surface area contributed by atoms with Crippen LogP contribution in [-0.2, 0) is 4.84 Å². The Bertz CT molecular complexity index is 1270. The molecular formula is C26H32ClN9O. The summed E-state index contributed by atoms with van der Waals surface area (Å²) < 4.78 is 0. The van der Waals surface area contributed by atoms with Gasteiger partial charge in [-0.1, -0.05) is 41.9 Å². The second-order valence-electron chi connectivity index (χ2n) is 9.91. The number of nitrogens with zero attached hydrogens (tertiary/aromatic N) is 6. The minimum atomic E-state index is 0.0580. The van der Waals surface area contributed by atoms with E-state index >= 15 is 0 Å². The molecule has 194 valence electrons. The van der Waals surface area contributed by atoms with Crippen molar-refractivity contribution in [1.29, 1.82) is 0 Å². The van der Waals surface area contributed by atoms with Gasteiger partial charge >= 0.3 is 0 Å². The molecular weight excluding hydrogens is 490 g/mol. The van der Waals surface area contributed by atoms with Crippen molar-refractivity contribution in [3.05, 3.63) is 64.5 Å². The van der Waals surface area contributed by atoms with Gasteiger partial charge in [-0.25, -0.2) is 0 Å². The minimum Gasteiger partial charge on any atom is -0.408 e. The monoisotopic (exact) mass is 521 g/mol. The summed E-state index contributed by atoms with van der Waals surface area (Å²) >= 11 is 6.86. The number of hydrogen-bond acceptors (Lipinski definition) is 9. The first-order valence-electron chi connectivity index (χ1n) is 12.8. The molecule has 0 bridgehead atoms. The average molecular weight is 522 g/mol. The summed E-state index contributed by atoms with van der Waals surface area (Å²) in [7, 11) is 4.07. The van der Waals surface area contributed by atoms with Crippen LogP contribution in [-0.4, -0.2) is 76.9 Å². The van der Waals surface area contributed by atoms with E-state index in [1.54, 1.807) is 0 Å². The summed E-state index contributed by atoms with van der Waals surface area (Å²) in [5, 5.41) is 16.6. The third-order valence-electron chi connectivity index (χ3n) is 7.06. The van der Waals surface area contributed by atoms with E-state index in [4.69, 9.17) is 26.4 Å². The van der Waals surface area contributed by atoms with E-state index in [1.165, 1.54) is 18.4 Å². The highest BCUT2D eigenvalue weighted by atomic mass is 35.5. The Hall–Kier alpha value is -3.34. The number of likely N-dealkylation sites (N-methyl/N-ethyl adjacent to an activating group) is 2. The summed E-state index contributed by atoms with van der Waals surface area (Å²) in [5.41, 5.74) is 2.32. The van der Waals surface area contributed by atoms with Crippen LogP contribution in [0.4, 0.5) is 23.4 Å². The highest BCUT2D eigenvalue weighted by Gasteiger charge is 2.27. The van der Waals surface area contributed by atoms with Gasteiger partial charge in [0, 0.05) is 50.9 Å². The average Bonchev–Trinajstić information content (AvgIpc) is 3.54. The number of aromatic amines is 1. The SMILES string of the molecule is CN1CCN(c2nc(NCC3=CC(c4ccccc4)N(C)O3)nc(Nc3cc(C4CC4)[nH]n3)c2Cl)CC1. The van der Waals surface area contributed by atoms with Crippen LogP contribution in [0.2, 0.25) is 5.02 Å². The number of H-pyrrole nitrogens is 1. The van der Waals surface area contributed by atoms with Crippen molar-refractivity contribution in [1.82, 2.24) is 30.1 Å². The van der Waals surface area contributed by atoms with Gasteiger partial charge in [0.15, 0.2) is 17.5 Å². The number of piperazine rings is 1. The quantitative estimate of drug-likeness (QED) is 0.404. The molecule has 10 nitrogen and oxygen atoms in total. The maximum absolute atomic E-state index is 6.86. The van der Waals surface area contributed by atoms with E-state index in [-0.39, 0.29) is 6.04 Å². The van der Waals surface area contributed by atoms with Gasteiger partial charge in [0.05, 0.1) is 12.6 Å². The van der Waals surface area contributed by atoms with Gasteiger partial charge in [0.2, 0.25) is 5.95 Å². The molecule has 1 unspecified atom stereocenters. The van der Waals surface area contributed by atoms with Crippen molar-refractivity contribution < 1.29 is 4.84 Å². The summed E-state index contributed by atoms with van der Waals surface area (Å²) in [6.07, 6.45) is 4.52. The summed E-state index contributed by atoms with van der Waals surface area (Å²) in [6.45, 7) is 4.04. The van der Waals surface area contributed by atoms with E-state index < -0.39 is 0 Å². The Morgan fingerprint density at radius 1 is 1.08 bits per heavy atom. The number of hydroxylamine groups is 2. The Morgan fingerprint density at radius 3 is 2.62 bits per heavy atom. The van der Waals surface area contributed by atoms with Crippen LogP contribution in [0.1, 0.15) is 36.1 Å². The van der Waals surface area contributed by atoms with Crippen molar-refractivity contribution in [2.24, 2.45) is 0 Å². The van der Waals surface area contributed by atoms with Crippen molar-refractivity contribution in [2.45, 2.75) is 24.8 Å². The molecule has 2 aromatic heterocycles. The molecule has 2 fully saturated rings. The second-order valence-corrected chi connectivity index (χ2v) is 10.3. The first kappa shape index (κ1) is 24.0. The van der Waals surface area contributed by atoms with Crippen LogP contribution in [0.5, 0.6) is 0 Å². The normalized spacial score (nSPS) is 20.6. The molecule has 3 N–H and O–H groups in total. The maximum atomic E-state index is 6.86. The first-order chi connectivity index (χ1) is 18.0. The molecule has 3 aromatic rings. The maximum Gasteiger partial charge on any atom is 0.227 e. The fraction of sp³-hybridized carbons (Fsp3) is 0.423.